The van der Waals surface area contributed by atoms with Gasteiger partial charge < -0.3 is 10.6 Å². The van der Waals surface area contributed by atoms with Crippen LogP contribution in [0.25, 0.3) is 0 Å². The molecule has 0 aliphatic heterocycles. The molecule has 2 heterocycles. The Labute approximate surface area is 117 Å². The van der Waals surface area contributed by atoms with Crippen LogP contribution in [0.4, 0.5) is 5.69 Å². The van der Waals surface area contributed by atoms with Gasteiger partial charge in [0.05, 0.1) is 11.9 Å². The van der Waals surface area contributed by atoms with Gasteiger partial charge in [-0.2, -0.15) is 5.10 Å². The van der Waals surface area contributed by atoms with Crippen molar-refractivity contribution in [1.82, 2.24) is 19.7 Å². The van der Waals surface area contributed by atoms with Gasteiger partial charge in [-0.15, -0.1) is 0 Å². The van der Waals surface area contributed by atoms with E-state index >= 15 is 0 Å². The average Bonchev–Trinajstić information content (AvgIpc) is 3.23. The monoisotopic (exact) mass is 271 g/mol. The van der Waals surface area contributed by atoms with Crippen molar-refractivity contribution in [2.75, 3.05) is 5.73 Å². The summed E-state index contributed by atoms with van der Waals surface area (Å²) in [6, 6.07) is 4.16. The zero-order valence-corrected chi connectivity index (χ0v) is 11.4. The van der Waals surface area contributed by atoms with E-state index in [2.05, 4.69) is 10.1 Å². The second kappa shape index (κ2) is 4.96. The Bertz CT molecular complexity index is 598. The van der Waals surface area contributed by atoms with Gasteiger partial charge in [-0.05, 0) is 30.5 Å². The van der Waals surface area contributed by atoms with Crippen LogP contribution in [0.2, 0.25) is 0 Å². The molecule has 1 fully saturated rings. The first-order valence-electron chi connectivity index (χ1n) is 6.64. The van der Waals surface area contributed by atoms with Crippen LogP contribution in [0.3, 0.4) is 0 Å². The normalized spacial score (nSPS) is 14.2. The Morgan fingerprint density at radius 1 is 1.45 bits per heavy atom. The standard InChI is InChI=1S/C14H17N5O/c1-18-13(12(15)8-17-18)14(20)19(11-2-3-11)9-10-4-6-16-7-5-10/h4-8,11H,2-3,9,15H2,1H3. The van der Waals surface area contributed by atoms with E-state index in [1.165, 1.54) is 6.20 Å². The van der Waals surface area contributed by atoms with E-state index < -0.39 is 0 Å². The Kier molecular flexibility index (Phi) is 3.14. The lowest BCUT2D eigenvalue weighted by Crippen LogP contribution is -2.34. The smallest absolute Gasteiger partial charge is 0.274 e. The molecule has 1 amide bonds. The SMILES string of the molecule is Cn1ncc(N)c1C(=O)N(Cc1ccncc1)C1CC1. The van der Waals surface area contributed by atoms with Crippen LogP contribution in [0.1, 0.15) is 28.9 Å². The van der Waals surface area contributed by atoms with Gasteiger partial charge >= 0.3 is 0 Å². The van der Waals surface area contributed by atoms with Gasteiger partial charge in [0, 0.05) is 32.0 Å². The molecule has 3 rings (SSSR count). The first-order valence-corrected chi connectivity index (χ1v) is 6.64. The minimum Gasteiger partial charge on any atom is -0.396 e. The molecule has 2 aromatic rings. The summed E-state index contributed by atoms with van der Waals surface area (Å²) in [7, 11) is 1.74. The average molecular weight is 271 g/mol. The number of carbonyl (C=O) groups excluding carboxylic acids is 1. The van der Waals surface area contributed by atoms with E-state index in [1.54, 1.807) is 24.1 Å². The van der Waals surface area contributed by atoms with Crippen molar-refractivity contribution in [3.8, 4) is 0 Å². The highest BCUT2D eigenvalue weighted by atomic mass is 16.2. The number of amides is 1. The van der Waals surface area contributed by atoms with Crippen molar-refractivity contribution < 1.29 is 4.79 Å². The molecule has 0 saturated heterocycles. The zero-order valence-electron chi connectivity index (χ0n) is 11.4. The summed E-state index contributed by atoms with van der Waals surface area (Å²) in [6.07, 6.45) is 7.10. The number of nitrogens with two attached hydrogens (primary N) is 1. The summed E-state index contributed by atoms with van der Waals surface area (Å²) in [5, 5.41) is 4.04. The molecule has 1 saturated carbocycles. The maximum Gasteiger partial charge on any atom is 0.274 e. The number of rotatable bonds is 4. The third-order valence-corrected chi connectivity index (χ3v) is 3.52. The van der Waals surface area contributed by atoms with Crippen molar-refractivity contribution in [3.05, 3.63) is 42.0 Å². The molecule has 6 nitrogen and oxygen atoms in total. The fourth-order valence-electron chi connectivity index (χ4n) is 2.29. The summed E-state index contributed by atoms with van der Waals surface area (Å²) in [4.78, 5) is 18.6. The molecule has 0 radical (unpaired) electrons. The molecule has 1 aliphatic carbocycles. The molecule has 0 aromatic carbocycles. The van der Waals surface area contributed by atoms with Crippen LogP contribution < -0.4 is 5.73 Å². The number of hydrogen-bond acceptors (Lipinski definition) is 4. The highest BCUT2D eigenvalue weighted by Gasteiger charge is 2.34. The Hall–Kier alpha value is -2.37. The van der Waals surface area contributed by atoms with E-state index in [0.717, 1.165) is 18.4 Å². The largest absolute Gasteiger partial charge is 0.396 e. The summed E-state index contributed by atoms with van der Waals surface area (Å²) in [6.45, 7) is 0.580. The minimum absolute atomic E-state index is 0.0539. The number of hydrogen-bond donors (Lipinski definition) is 1. The molecule has 1 aliphatic rings. The lowest BCUT2D eigenvalue weighted by Gasteiger charge is -2.22. The number of aromatic nitrogens is 3. The number of pyridine rings is 1. The zero-order chi connectivity index (χ0) is 14.1. The van der Waals surface area contributed by atoms with Gasteiger partial charge in [-0.25, -0.2) is 0 Å². The van der Waals surface area contributed by atoms with E-state index in [9.17, 15) is 4.79 Å². The fourth-order valence-corrected chi connectivity index (χ4v) is 2.29. The van der Waals surface area contributed by atoms with Crippen molar-refractivity contribution in [2.24, 2.45) is 7.05 Å². The molecule has 0 bridgehead atoms. The fraction of sp³-hybridized carbons (Fsp3) is 0.357. The molecule has 20 heavy (non-hydrogen) atoms. The third-order valence-electron chi connectivity index (χ3n) is 3.52. The second-order valence-corrected chi connectivity index (χ2v) is 5.09. The molecule has 2 aromatic heterocycles. The van der Waals surface area contributed by atoms with Crippen LogP contribution >= 0.6 is 0 Å². The topological polar surface area (TPSA) is 77.0 Å². The van der Waals surface area contributed by atoms with Crippen molar-refractivity contribution in [3.63, 3.8) is 0 Å². The number of aryl methyl sites for hydroxylation is 1. The van der Waals surface area contributed by atoms with E-state index in [1.807, 2.05) is 17.0 Å². The summed E-state index contributed by atoms with van der Waals surface area (Å²) in [5.74, 6) is -0.0539. The van der Waals surface area contributed by atoms with Gasteiger partial charge in [0.2, 0.25) is 0 Å². The molecule has 0 spiro atoms. The maximum absolute atomic E-state index is 12.7. The minimum atomic E-state index is -0.0539. The molecule has 6 heteroatoms. The summed E-state index contributed by atoms with van der Waals surface area (Å²) in [5.41, 5.74) is 7.82. The Morgan fingerprint density at radius 2 is 2.15 bits per heavy atom. The van der Waals surface area contributed by atoms with Crippen LogP contribution in [0.15, 0.2) is 30.7 Å². The van der Waals surface area contributed by atoms with Gasteiger partial charge in [0.25, 0.3) is 5.91 Å². The molecule has 0 atom stereocenters. The van der Waals surface area contributed by atoms with Gasteiger partial charge in [0.1, 0.15) is 5.69 Å². The summed E-state index contributed by atoms with van der Waals surface area (Å²) < 4.78 is 1.54. The highest BCUT2D eigenvalue weighted by Crippen LogP contribution is 2.30. The summed E-state index contributed by atoms with van der Waals surface area (Å²) >= 11 is 0. The molecular formula is C14H17N5O. The number of anilines is 1. The van der Waals surface area contributed by atoms with Gasteiger partial charge in [-0.1, -0.05) is 0 Å². The van der Waals surface area contributed by atoms with Gasteiger partial charge in [-0.3, -0.25) is 14.5 Å². The first kappa shape index (κ1) is 12.7. The number of nitrogen functional groups attached to an aromatic ring is 1. The highest BCUT2D eigenvalue weighted by molar-refractivity contribution is 5.97. The molecule has 2 N–H and O–H groups in total. The van der Waals surface area contributed by atoms with Crippen LogP contribution in [-0.2, 0) is 13.6 Å². The van der Waals surface area contributed by atoms with Crippen LogP contribution in [-0.4, -0.2) is 31.6 Å². The first-order chi connectivity index (χ1) is 9.66. The Balaban J connectivity index is 1.86. The third kappa shape index (κ3) is 2.36. The molecule has 0 unspecified atom stereocenters. The van der Waals surface area contributed by atoms with Gasteiger partial charge in [0.15, 0.2) is 0 Å². The van der Waals surface area contributed by atoms with Crippen molar-refractivity contribution in [2.45, 2.75) is 25.4 Å². The van der Waals surface area contributed by atoms with E-state index in [0.29, 0.717) is 24.0 Å². The van der Waals surface area contributed by atoms with Crippen LogP contribution in [0.5, 0.6) is 0 Å². The van der Waals surface area contributed by atoms with E-state index in [-0.39, 0.29) is 5.91 Å². The lowest BCUT2D eigenvalue weighted by atomic mass is 10.2. The molecule has 104 valence electrons. The quantitative estimate of drug-likeness (QED) is 0.906. The number of nitrogens with zero attached hydrogens (tertiary/aromatic N) is 4. The second-order valence-electron chi connectivity index (χ2n) is 5.09. The predicted molar refractivity (Wildman–Crippen MR) is 74.8 cm³/mol. The van der Waals surface area contributed by atoms with Crippen LogP contribution in [0, 0.1) is 0 Å². The van der Waals surface area contributed by atoms with E-state index in [4.69, 9.17) is 5.73 Å². The Morgan fingerprint density at radius 3 is 2.70 bits per heavy atom. The maximum atomic E-state index is 12.7. The molecular weight excluding hydrogens is 254 g/mol. The number of carbonyl (C=O) groups is 1. The lowest BCUT2D eigenvalue weighted by molar-refractivity contribution is 0.0720. The van der Waals surface area contributed by atoms with Crippen molar-refractivity contribution in [1.29, 1.82) is 0 Å². The van der Waals surface area contributed by atoms with Crippen molar-refractivity contribution >= 4 is 11.6 Å². The predicted octanol–water partition coefficient (Wildman–Crippen LogP) is 1.20.